The topological polar surface area (TPSA) is 87.5 Å². The maximum Gasteiger partial charge on any atom is 0.279 e. The highest BCUT2D eigenvalue weighted by Gasteiger charge is 2.23. The van der Waals surface area contributed by atoms with Crippen LogP contribution >= 0.6 is 0 Å². The van der Waals surface area contributed by atoms with Crippen molar-refractivity contribution >= 4 is 10.2 Å². The third-order valence-corrected chi connectivity index (χ3v) is 4.08. The lowest BCUT2D eigenvalue weighted by molar-refractivity contribution is 0.348. The Bertz CT molecular complexity index is 464. The van der Waals surface area contributed by atoms with Gasteiger partial charge in [0.2, 0.25) is 0 Å². The fraction of sp³-hybridized carbons (Fsp3) is 0.667. The molecular formula is C9H16N4O3S. The van der Waals surface area contributed by atoms with Gasteiger partial charge < -0.3 is 9.84 Å². The van der Waals surface area contributed by atoms with Crippen LogP contribution in [0.25, 0.3) is 0 Å². The van der Waals surface area contributed by atoms with Crippen molar-refractivity contribution in [2.75, 3.05) is 26.2 Å². The lowest BCUT2D eigenvalue weighted by atomic mass is 10.4. The van der Waals surface area contributed by atoms with E-state index >= 15 is 0 Å². The third kappa shape index (κ3) is 3.25. The van der Waals surface area contributed by atoms with Crippen molar-refractivity contribution in [2.24, 2.45) is 0 Å². The summed E-state index contributed by atoms with van der Waals surface area (Å²) >= 11 is 0. The van der Waals surface area contributed by atoms with E-state index in [0.717, 1.165) is 5.69 Å². The number of hydrogen-bond donors (Lipinski definition) is 2. The Morgan fingerprint density at radius 1 is 1.53 bits per heavy atom. The van der Waals surface area contributed by atoms with Crippen molar-refractivity contribution in [3.8, 4) is 0 Å². The molecule has 1 aromatic rings. The molecule has 2 rings (SSSR count). The smallest absolute Gasteiger partial charge is 0.279 e. The van der Waals surface area contributed by atoms with Crippen LogP contribution in [0.15, 0.2) is 10.6 Å². The van der Waals surface area contributed by atoms with Gasteiger partial charge in [0.15, 0.2) is 5.76 Å². The van der Waals surface area contributed by atoms with Crippen LogP contribution in [0.5, 0.6) is 0 Å². The first-order valence-electron chi connectivity index (χ1n) is 5.45. The standard InChI is InChI=1S/C9H16N4O3S/c1-8-6-9(16-12-8)7-11-17(14,15)13-4-2-10-3-5-13/h6,10-11H,2-5,7H2,1H3. The van der Waals surface area contributed by atoms with Crippen LogP contribution in [-0.4, -0.2) is 44.1 Å². The fourth-order valence-corrected chi connectivity index (χ4v) is 2.81. The average Bonchev–Trinajstić information content (AvgIpc) is 2.74. The van der Waals surface area contributed by atoms with Crippen molar-refractivity contribution in [2.45, 2.75) is 13.5 Å². The van der Waals surface area contributed by atoms with E-state index in [1.807, 2.05) is 0 Å². The highest BCUT2D eigenvalue weighted by atomic mass is 32.2. The Hall–Kier alpha value is -0.960. The second-order valence-electron chi connectivity index (χ2n) is 3.91. The Balaban J connectivity index is 1.92. The van der Waals surface area contributed by atoms with E-state index in [9.17, 15) is 8.42 Å². The number of aromatic nitrogens is 1. The van der Waals surface area contributed by atoms with Crippen LogP contribution in [-0.2, 0) is 16.8 Å². The summed E-state index contributed by atoms with van der Waals surface area (Å²) in [7, 11) is -3.42. The molecule has 2 N–H and O–H groups in total. The third-order valence-electron chi connectivity index (χ3n) is 2.52. The summed E-state index contributed by atoms with van der Waals surface area (Å²) in [6, 6.07) is 1.71. The van der Waals surface area contributed by atoms with Gasteiger partial charge >= 0.3 is 0 Å². The normalized spacial score (nSPS) is 18.4. The molecule has 0 aromatic carbocycles. The van der Waals surface area contributed by atoms with Crippen LogP contribution in [0.3, 0.4) is 0 Å². The highest BCUT2D eigenvalue weighted by Crippen LogP contribution is 2.04. The van der Waals surface area contributed by atoms with Crippen LogP contribution in [0, 0.1) is 6.92 Å². The zero-order valence-corrected chi connectivity index (χ0v) is 10.5. The van der Waals surface area contributed by atoms with Crippen molar-refractivity contribution in [1.82, 2.24) is 19.5 Å². The lowest BCUT2D eigenvalue weighted by Gasteiger charge is -2.26. The molecular weight excluding hydrogens is 244 g/mol. The van der Waals surface area contributed by atoms with Crippen LogP contribution < -0.4 is 10.0 Å². The molecule has 8 heteroatoms. The van der Waals surface area contributed by atoms with Crippen LogP contribution in [0.1, 0.15) is 11.5 Å². The summed E-state index contributed by atoms with van der Waals surface area (Å²) in [5, 5.41) is 6.80. The van der Waals surface area contributed by atoms with Gasteiger partial charge in [0, 0.05) is 32.2 Å². The Morgan fingerprint density at radius 2 is 2.24 bits per heavy atom. The number of hydrogen-bond acceptors (Lipinski definition) is 5. The molecule has 0 saturated carbocycles. The van der Waals surface area contributed by atoms with Gasteiger partial charge in [-0.15, -0.1) is 0 Å². The first-order chi connectivity index (χ1) is 8.08. The average molecular weight is 260 g/mol. The molecule has 1 aliphatic rings. The second-order valence-corrected chi connectivity index (χ2v) is 5.67. The number of nitrogens with one attached hydrogen (secondary N) is 2. The highest BCUT2D eigenvalue weighted by molar-refractivity contribution is 7.87. The van der Waals surface area contributed by atoms with Gasteiger partial charge in [-0.1, -0.05) is 5.16 Å². The van der Waals surface area contributed by atoms with Crippen molar-refractivity contribution < 1.29 is 12.9 Å². The Morgan fingerprint density at radius 3 is 2.82 bits per heavy atom. The summed E-state index contributed by atoms with van der Waals surface area (Å²) in [5.74, 6) is 0.515. The minimum Gasteiger partial charge on any atom is -0.360 e. The largest absolute Gasteiger partial charge is 0.360 e. The number of rotatable bonds is 4. The molecule has 0 bridgehead atoms. The molecule has 1 aromatic heterocycles. The van der Waals surface area contributed by atoms with E-state index in [1.54, 1.807) is 13.0 Å². The van der Waals surface area contributed by atoms with Gasteiger partial charge in [-0.2, -0.15) is 17.4 Å². The zero-order chi connectivity index (χ0) is 12.3. The molecule has 1 fully saturated rings. The summed E-state index contributed by atoms with van der Waals surface area (Å²) < 4.78 is 32.6. The van der Waals surface area contributed by atoms with Crippen molar-refractivity contribution in [3.05, 3.63) is 17.5 Å². The molecule has 0 radical (unpaired) electrons. The van der Waals surface area contributed by atoms with Gasteiger partial charge in [-0.25, -0.2) is 0 Å². The molecule has 96 valence electrons. The molecule has 1 saturated heterocycles. The summed E-state index contributed by atoms with van der Waals surface area (Å²) in [6.45, 7) is 4.27. The molecule has 0 atom stereocenters. The fourth-order valence-electron chi connectivity index (χ4n) is 1.64. The van der Waals surface area contributed by atoms with Gasteiger partial charge in [0.1, 0.15) is 0 Å². The van der Waals surface area contributed by atoms with Crippen LogP contribution in [0.2, 0.25) is 0 Å². The number of aryl methyl sites for hydroxylation is 1. The van der Waals surface area contributed by atoms with Gasteiger partial charge in [-0.05, 0) is 6.92 Å². The minimum absolute atomic E-state index is 0.132. The van der Waals surface area contributed by atoms with Gasteiger partial charge in [0.05, 0.1) is 12.2 Å². The second kappa shape index (κ2) is 5.13. The predicted molar refractivity (Wildman–Crippen MR) is 61.4 cm³/mol. The van der Waals surface area contributed by atoms with Crippen molar-refractivity contribution in [3.63, 3.8) is 0 Å². The summed E-state index contributed by atoms with van der Waals surface area (Å²) in [4.78, 5) is 0. The van der Waals surface area contributed by atoms with E-state index < -0.39 is 10.2 Å². The summed E-state index contributed by atoms with van der Waals surface area (Å²) in [5.41, 5.74) is 0.737. The van der Waals surface area contributed by atoms with E-state index in [4.69, 9.17) is 4.52 Å². The Labute approximate surface area is 100 Å². The quantitative estimate of drug-likeness (QED) is 0.741. The maximum atomic E-state index is 11.9. The zero-order valence-electron chi connectivity index (χ0n) is 9.64. The lowest BCUT2D eigenvalue weighted by Crippen LogP contribution is -2.50. The molecule has 2 heterocycles. The van der Waals surface area contributed by atoms with Gasteiger partial charge in [-0.3, -0.25) is 0 Å². The number of piperazine rings is 1. The molecule has 0 amide bonds. The molecule has 7 nitrogen and oxygen atoms in total. The molecule has 0 aliphatic carbocycles. The first kappa shape index (κ1) is 12.5. The predicted octanol–water partition coefficient (Wildman–Crippen LogP) is -0.777. The first-order valence-corrected chi connectivity index (χ1v) is 6.89. The number of nitrogens with zero attached hydrogens (tertiary/aromatic N) is 2. The van der Waals surface area contributed by atoms with Crippen molar-refractivity contribution in [1.29, 1.82) is 0 Å². The SMILES string of the molecule is Cc1cc(CNS(=O)(=O)N2CCNCC2)on1. The van der Waals surface area contributed by atoms with E-state index in [0.29, 0.717) is 31.9 Å². The molecule has 0 unspecified atom stereocenters. The molecule has 1 aliphatic heterocycles. The molecule has 0 spiro atoms. The van der Waals surface area contributed by atoms with Gasteiger partial charge in [0.25, 0.3) is 10.2 Å². The minimum atomic E-state index is -3.42. The van der Waals surface area contributed by atoms with E-state index in [1.165, 1.54) is 4.31 Å². The van der Waals surface area contributed by atoms with Crippen LogP contribution in [0.4, 0.5) is 0 Å². The molecule has 17 heavy (non-hydrogen) atoms. The summed E-state index contributed by atoms with van der Waals surface area (Å²) in [6.07, 6.45) is 0. The van der Waals surface area contributed by atoms with E-state index in [2.05, 4.69) is 15.2 Å². The maximum absolute atomic E-state index is 11.9. The Kier molecular flexibility index (Phi) is 3.77. The van der Waals surface area contributed by atoms with E-state index in [-0.39, 0.29) is 6.54 Å². The monoisotopic (exact) mass is 260 g/mol.